The van der Waals surface area contributed by atoms with Gasteiger partial charge in [0.1, 0.15) is 0 Å². The molecule has 2 N–H and O–H groups in total. The first-order valence-electron chi connectivity index (χ1n) is 5.68. The van der Waals surface area contributed by atoms with Gasteiger partial charge in [-0.25, -0.2) is 4.98 Å². The van der Waals surface area contributed by atoms with Crippen molar-refractivity contribution in [3.8, 4) is 11.3 Å². The first-order chi connectivity index (χ1) is 8.29. The van der Waals surface area contributed by atoms with Crippen molar-refractivity contribution in [2.24, 2.45) is 5.73 Å². The van der Waals surface area contributed by atoms with Crippen LogP contribution in [0.5, 0.6) is 0 Å². The zero-order chi connectivity index (χ0) is 12.1. The quantitative estimate of drug-likeness (QED) is 0.851. The van der Waals surface area contributed by atoms with Crippen molar-refractivity contribution >= 4 is 0 Å². The monoisotopic (exact) mass is 231 g/mol. The van der Waals surface area contributed by atoms with E-state index in [-0.39, 0.29) is 0 Å². The lowest BCUT2D eigenvalue weighted by Crippen LogP contribution is -2.25. The molecule has 0 amide bonds. The number of nitrogens with zero attached hydrogens (tertiary/aromatic N) is 2. The van der Waals surface area contributed by atoms with Gasteiger partial charge in [-0.2, -0.15) is 0 Å². The Hall–Kier alpha value is -1.65. The van der Waals surface area contributed by atoms with E-state index in [1.165, 1.54) is 0 Å². The number of likely N-dealkylation sites (N-methyl/N-ethyl adjacent to an activating group) is 1. The predicted molar refractivity (Wildman–Crippen MR) is 67.3 cm³/mol. The number of aromatic nitrogens is 1. The normalized spacial score (nSPS) is 11.0. The Morgan fingerprint density at radius 2 is 2.06 bits per heavy atom. The van der Waals surface area contributed by atoms with E-state index < -0.39 is 0 Å². The van der Waals surface area contributed by atoms with Gasteiger partial charge < -0.3 is 10.2 Å². The van der Waals surface area contributed by atoms with E-state index in [9.17, 15) is 0 Å². The van der Waals surface area contributed by atoms with Crippen LogP contribution >= 0.6 is 0 Å². The molecule has 0 unspecified atom stereocenters. The van der Waals surface area contributed by atoms with Crippen molar-refractivity contribution < 1.29 is 4.42 Å². The van der Waals surface area contributed by atoms with Crippen LogP contribution in [0.1, 0.15) is 5.89 Å². The molecular formula is C13H17N3O. The van der Waals surface area contributed by atoms with Crippen molar-refractivity contribution in [3.05, 3.63) is 42.4 Å². The summed E-state index contributed by atoms with van der Waals surface area (Å²) in [7, 11) is 2.00. The molecule has 0 saturated heterocycles. The molecule has 0 aliphatic rings. The standard InChI is InChI=1S/C13H17N3O/c1-16(8-7-14)10-13-15-9-12(17-13)11-5-3-2-4-6-11/h2-6,9H,7-8,10,14H2,1H3. The molecule has 0 saturated carbocycles. The van der Waals surface area contributed by atoms with Crippen LogP contribution < -0.4 is 5.73 Å². The number of rotatable bonds is 5. The summed E-state index contributed by atoms with van der Waals surface area (Å²) in [6.45, 7) is 2.16. The van der Waals surface area contributed by atoms with E-state index in [2.05, 4.69) is 9.88 Å². The van der Waals surface area contributed by atoms with Gasteiger partial charge in [-0.15, -0.1) is 0 Å². The molecule has 2 aromatic rings. The molecule has 4 heteroatoms. The van der Waals surface area contributed by atoms with Crippen LogP contribution in [0.3, 0.4) is 0 Å². The summed E-state index contributed by atoms with van der Waals surface area (Å²) < 4.78 is 5.69. The van der Waals surface area contributed by atoms with Crippen LogP contribution in [0.2, 0.25) is 0 Å². The maximum absolute atomic E-state index is 5.69. The average Bonchev–Trinajstić information content (AvgIpc) is 2.79. The third-order valence-electron chi connectivity index (χ3n) is 2.53. The van der Waals surface area contributed by atoms with Crippen LogP contribution in [-0.4, -0.2) is 30.0 Å². The lowest BCUT2D eigenvalue weighted by Gasteiger charge is -2.11. The largest absolute Gasteiger partial charge is 0.439 e. The highest BCUT2D eigenvalue weighted by Gasteiger charge is 2.07. The van der Waals surface area contributed by atoms with Gasteiger partial charge in [-0.3, -0.25) is 4.90 Å². The lowest BCUT2D eigenvalue weighted by atomic mass is 10.2. The maximum Gasteiger partial charge on any atom is 0.209 e. The van der Waals surface area contributed by atoms with E-state index >= 15 is 0 Å². The summed E-state index contributed by atoms with van der Waals surface area (Å²) in [6, 6.07) is 9.97. The molecule has 17 heavy (non-hydrogen) atoms. The van der Waals surface area contributed by atoms with Gasteiger partial charge in [0, 0.05) is 18.7 Å². The second kappa shape index (κ2) is 5.61. The lowest BCUT2D eigenvalue weighted by molar-refractivity contribution is 0.297. The minimum atomic E-state index is 0.642. The molecule has 0 aliphatic carbocycles. The summed E-state index contributed by atoms with van der Waals surface area (Å²) in [6.07, 6.45) is 1.76. The highest BCUT2D eigenvalue weighted by molar-refractivity contribution is 5.55. The number of hydrogen-bond acceptors (Lipinski definition) is 4. The molecule has 4 nitrogen and oxygen atoms in total. The van der Waals surface area contributed by atoms with E-state index in [0.29, 0.717) is 13.1 Å². The summed E-state index contributed by atoms with van der Waals surface area (Å²) in [5, 5.41) is 0. The summed E-state index contributed by atoms with van der Waals surface area (Å²) in [4.78, 5) is 6.35. The Labute approximate surface area is 101 Å². The summed E-state index contributed by atoms with van der Waals surface area (Å²) in [5.74, 6) is 1.53. The zero-order valence-corrected chi connectivity index (χ0v) is 9.97. The molecule has 0 aliphatic heterocycles. The second-order valence-electron chi connectivity index (χ2n) is 4.01. The minimum Gasteiger partial charge on any atom is -0.439 e. The highest BCUT2D eigenvalue weighted by Crippen LogP contribution is 2.19. The molecule has 0 spiro atoms. The molecule has 1 heterocycles. The van der Waals surface area contributed by atoms with E-state index in [1.54, 1.807) is 6.20 Å². The average molecular weight is 231 g/mol. The molecule has 0 radical (unpaired) electrons. The van der Waals surface area contributed by atoms with Gasteiger partial charge in [0.2, 0.25) is 5.89 Å². The SMILES string of the molecule is CN(CCN)Cc1ncc(-c2ccccc2)o1. The molecule has 90 valence electrons. The van der Waals surface area contributed by atoms with Crippen LogP contribution in [-0.2, 0) is 6.54 Å². The first-order valence-corrected chi connectivity index (χ1v) is 5.68. The fourth-order valence-electron chi connectivity index (χ4n) is 1.65. The number of nitrogens with two attached hydrogens (primary N) is 1. The van der Waals surface area contributed by atoms with Crippen LogP contribution in [0.25, 0.3) is 11.3 Å². The second-order valence-corrected chi connectivity index (χ2v) is 4.01. The van der Waals surface area contributed by atoms with E-state index in [0.717, 1.165) is 23.8 Å². The van der Waals surface area contributed by atoms with Gasteiger partial charge in [0.05, 0.1) is 12.7 Å². The summed E-state index contributed by atoms with van der Waals surface area (Å²) in [5.41, 5.74) is 6.54. The van der Waals surface area contributed by atoms with Crippen molar-refractivity contribution in [3.63, 3.8) is 0 Å². The smallest absolute Gasteiger partial charge is 0.209 e. The first kappa shape index (κ1) is 11.8. The fraction of sp³-hybridized carbons (Fsp3) is 0.308. The number of oxazole rings is 1. The van der Waals surface area contributed by atoms with Gasteiger partial charge in [-0.05, 0) is 7.05 Å². The maximum atomic E-state index is 5.69. The van der Waals surface area contributed by atoms with Crippen molar-refractivity contribution in [2.75, 3.05) is 20.1 Å². The zero-order valence-electron chi connectivity index (χ0n) is 9.97. The molecule has 2 rings (SSSR count). The molecule has 0 bridgehead atoms. The van der Waals surface area contributed by atoms with Gasteiger partial charge in [0.15, 0.2) is 5.76 Å². The molecule has 0 atom stereocenters. The minimum absolute atomic E-state index is 0.642. The molecule has 1 aromatic carbocycles. The third-order valence-corrected chi connectivity index (χ3v) is 2.53. The molecular weight excluding hydrogens is 214 g/mol. The van der Waals surface area contributed by atoms with E-state index in [1.807, 2.05) is 37.4 Å². The molecule has 0 fully saturated rings. The number of benzene rings is 1. The van der Waals surface area contributed by atoms with Crippen LogP contribution in [0.15, 0.2) is 40.9 Å². The third kappa shape index (κ3) is 3.15. The number of hydrogen-bond donors (Lipinski definition) is 1. The van der Waals surface area contributed by atoms with Gasteiger partial charge >= 0.3 is 0 Å². The predicted octanol–water partition coefficient (Wildman–Crippen LogP) is 1.73. The van der Waals surface area contributed by atoms with Crippen LogP contribution in [0, 0.1) is 0 Å². The van der Waals surface area contributed by atoms with Crippen molar-refractivity contribution in [1.29, 1.82) is 0 Å². The fourth-order valence-corrected chi connectivity index (χ4v) is 1.65. The van der Waals surface area contributed by atoms with E-state index in [4.69, 9.17) is 10.2 Å². The summed E-state index contributed by atoms with van der Waals surface area (Å²) >= 11 is 0. The Balaban J connectivity index is 2.06. The van der Waals surface area contributed by atoms with Gasteiger partial charge in [0.25, 0.3) is 0 Å². The van der Waals surface area contributed by atoms with Crippen LogP contribution in [0.4, 0.5) is 0 Å². The molecule has 1 aromatic heterocycles. The van der Waals surface area contributed by atoms with Crippen molar-refractivity contribution in [1.82, 2.24) is 9.88 Å². The van der Waals surface area contributed by atoms with Crippen molar-refractivity contribution in [2.45, 2.75) is 6.54 Å². The van der Waals surface area contributed by atoms with Gasteiger partial charge in [-0.1, -0.05) is 30.3 Å². The Kier molecular flexibility index (Phi) is 3.90. The topological polar surface area (TPSA) is 55.3 Å². The highest BCUT2D eigenvalue weighted by atomic mass is 16.4. The Morgan fingerprint density at radius 1 is 1.29 bits per heavy atom. The Bertz CT molecular complexity index is 453. The Morgan fingerprint density at radius 3 is 2.76 bits per heavy atom.